The summed E-state index contributed by atoms with van der Waals surface area (Å²) in [6.45, 7) is 9.62. The molecule has 1 rings (SSSR count). The highest BCUT2D eigenvalue weighted by atomic mass is 35.5. The minimum absolute atomic E-state index is 0.222. The van der Waals surface area contributed by atoms with Crippen molar-refractivity contribution in [2.45, 2.75) is 33.7 Å². The van der Waals surface area contributed by atoms with Crippen molar-refractivity contribution in [3.8, 4) is 0 Å². The van der Waals surface area contributed by atoms with Gasteiger partial charge in [0.1, 0.15) is 5.82 Å². The molecule has 17 heavy (non-hydrogen) atoms. The van der Waals surface area contributed by atoms with Crippen LogP contribution in [-0.2, 0) is 4.74 Å². The van der Waals surface area contributed by atoms with Crippen molar-refractivity contribution in [3.05, 3.63) is 17.0 Å². The van der Waals surface area contributed by atoms with Crippen molar-refractivity contribution in [2.75, 3.05) is 18.5 Å². The molecule has 0 saturated heterocycles. The summed E-state index contributed by atoms with van der Waals surface area (Å²) < 4.78 is 5.46. The quantitative estimate of drug-likeness (QED) is 0.796. The Labute approximate surface area is 108 Å². The van der Waals surface area contributed by atoms with Crippen LogP contribution in [0.1, 0.15) is 26.3 Å². The van der Waals surface area contributed by atoms with Crippen molar-refractivity contribution >= 4 is 17.4 Å². The van der Waals surface area contributed by atoms with Gasteiger partial charge < -0.3 is 10.1 Å². The van der Waals surface area contributed by atoms with Crippen LogP contribution in [0, 0.1) is 12.8 Å². The van der Waals surface area contributed by atoms with E-state index in [1.807, 2.05) is 13.8 Å². The lowest BCUT2D eigenvalue weighted by molar-refractivity contribution is 0.126. The average molecular weight is 258 g/mol. The lowest BCUT2D eigenvalue weighted by Crippen LogP contribution is -2.31. The summed E-state index contributed by atoms with van der Waals surface area (Å²) in [5, 5.41) is 3.62. The molecule has 1 atom stereocenters. The van der Waals surface area contributed by atoms with E-state index in [0.29, 0.717) is 19.1 Å². The second kappa shape index (κ2) is 6.77. The van der Waals surface area contributed by atoms with Gasteiger partial charge in [0.2, 0.25) is 5.28 Å². The van der Waals surface area contributed by atoms with Crippen LogP contribution < -0.4 is 5.32 Å². The topological polar surface area (TPSA) is 47.0 Å². The molecular formula is C12H20ClN3O. The van der Waals surface area contributed by atoms with Gasteiger partial charge in [0.15, 0.2) is 0 Å². The first-order valence-corrected chi connectivity index (χ1v) is 6.25. The van der Waals surface area contributed by atoms with Crippen LogP contribution >= 0.6 is 11.6 Å². The third-order valence-corrected chi connectivity index (χ3v) is 2.75. The molecule has 5 heteroatoms. The maximum Gasteiger partial charge on any atom is 0.224 e. The summed E-state index contributed by atoms with van der Waals surface area (Å²) in [5.74, 6) is 1.23. The van der Waals surface area contributed by atoms with Crippen LogP contribution in [-0.4, -0.2) is 29.2 Å². The van der Waals surface area contributed by atoms with Crippen molar-refractivity contribution < 1.29 is 4.74 Å². The Morgan fingerprint density at radius 2 is 2.18 bits per heavy atom. The molecule has 96 valence electrons. The van der Waals surface area contributed by atoms with Gasteiger partial charge in [-0.1, -0.05) is 13.8 Å². The fourth-order valence-electron chi connectivity index (χ4n) is 1.39. The van der Waals surface area contributed by atoms with Crippen LogP contribution in [0.2, 0.25) is 5.28 Å². The molecule has 0 bridgehead atoms. The number of nitrogens with zero attached hydrogens (tertiary/aromatic N) is 2. The Morgan fingerprint density at radius 3 is 2.76 bits per heavy atom. The van der Waals surface area contributed by atoms with E-state index in [2.05, 4.69) is 29.1 Å². The van der Waals surface area contributed by atoms with E-state index in [9.17, 15) is 0 Å². The van der Waals surface area contributed by atoms with Crippen LogP contribution in [0.25, 0.3) is 0 Å². The second-order valence-corrected chi connectivity index (χ2v) is 4.66. The van der Waals surface area contributed by atoms with E-state index in [1.165, 1.54) is 0 Å². The van der Waals surface area contributed by atoms with E-state index in [4.69, 9.17) is 16.3 Å². The van der Waals surface area contributed by atoms with Crippen LogP contribution in [0.15, 0.2) is 6.20 Å². The van der Waals surface area contributed by atoms with Crippen molar-refractivity contribution in [2.24, 2.45) is 5.92 Å². The Balaban J connectivity index is 2.74. The summed E-state index contributed by atoms with van der Waals surface area (Å²) in [5.41, 5.74) is 0.983. The number of hydrogen-bond donors (Lipinski definition) is 1. The summed E-state index contributed by atoms with van der Waals surface area (Å²) in [7, 11) is 0. The zero-order valence-electron chi connectivity index (χ0n) is 10.8. The van der Waals surface area contributed by atoms with E-state index in [0.717, 1.165) is 11.4 Å². The van der Waals surface area contributed by atoms with E-state index in [1.54, 1.807) is 6.20 Å². The van der Waals surface area contributed by atoms with Gasteiger partial charge in [0.05, 0.1) is 12.6 Å². The highest BCUT2D eigenvalue weighted by Crippen LogP contribution is 2.16. The van der Waals surface area contributed by atoms with Gasteiger partial charge in [-0.05, 0) is 31.4 Å². The third kappa shape index (κ3) is 4.48. The largest absolute Gasteiger partial charge is 0.380 e. The highest BCUT2D eigenvalue weighted by molar-refractivity contribution is 6.28. The molecule has 1 N–H and O–H groups in total. The van der Waals surface area contributed by atoms with Gasteiger partial charge in [0.25, 0.3) is 0 Å². The lowest BCUT2D eigenvalue weighted by atomic mass is 10.1. The normalized spacial score (nSPS) is 12.8. The molecule has 0 fully saturated rings. The molecule has 1 aromatic heterocycles. The average Bonchev–Trinajstić information content (AvgIpc) is 2.28. The lowest BCUT2D eigenvalue weighted by Gasteiger charge is -2.23. The molecule has 0 aliphatic rings. The molecule has 1 unspecified atom stereocenters. The molecule has 0 saturated carbocycles. The van der Waals surface area contributed by atoms with E-state index < -0.39 is 0 Å². The first-order valence-electron chi connectivity index (χ1n) is 5.88. The number of nitrogens with one attached hydrogen (secondary N) is 1. The minimum atomic E-state index is 0.222. The molecule has 0 aromatic carbocycles. The fourth-order valence-corrected chi connectivity index (χ4v) is 1.52. The zero-order valence-corrected chi connectivity index (χ0v) is 11.6. The summed E-state index contributed by atoms with van der Waals surface area (Å²) in [4.78, 5) is 8.13. The van der Waals surface area contributed by atoms with E-state index >= 15 is 0 Å². The molecule has 1 heterocycles. The zero-order chi connectivity index (χ0) is 12.8. The SMILES string of the molecule is CCOCC(Nc1nc(Cl)ncc1C)C(C)C. The number of ether oxygens (including phenoxy) is 1. The second-order valence-electron chi connectivity index (χ2n) is 4.32. The fraction of sp³-hybridized carbons (Fsp3) is 0.667. The molecule has 0 aliphatic heterocycles. The van der Waals surface area contributed by atoms with Crippen molar-refractivity contribution in [3.63, 3.8) is 0 Å². The monoisotopic (exact) mass is 257 g/mol. The highest BCUT2D eigenvalue weighted by Gasteiger charge is 2.15. The maximum atomic E-state index is 5.79. The Morgan fingerprint density at radius 1 is 1.47 bits per heavy atom. The van der Waals surface area contributed by atoms with E-state index in [-0.39, 0.29) is 11.3 Å². The molecule has 0 aliphatic carbocycles. The van der Waals surface area contributed by atoms with Gasteiger partial charge in [-0.2, -0.15) is 0 Å². The predicted octanol–water partition coefficient (Wildman–Crippen LogP) is 2.91. The number of aryl methyl sites for hydroxylation is 1. The first-order chi connectivity index (χ1) is 8.04. The minimum Gasteiger partial charge on any atom is -0.380 e. The molecule has 0 radical (unpaired) electrons. The Bertz CT molecular complexity index is 358. The number of aromatic nitrogens is 2. The molecule has 0 amide bonds. The summed E-state index contributed by atoms with van der Waals surface area (Å²) in [6, 6.07) is 0.222. The molecule has 4 nitrogen and oxygen atoms in total. The Kier molecular flexibility index (Phi) is 5.65. The van der Waals surface area contributed by atoms with Gasteiger partial charge in [-0.3, -0.25) is 0 Å². The summed E-state index contributed by atoms with van der Waals surface area (Å²) in [6.07, 6.45) is 1.72. The first kappa shape index (κ1) is 14.2. The van der Waals surface area contributed by atoms with Crippen LogP contribution in [0.5, 0.6) is 0 Å². The Hall–Kier alpha value is -0.870. The number of hydrogen-bond acceptors (Lipinski definition) is 4. The third-order valence-electron chi connectivity index (χ3n) is 2.57. The van der Waals surface area contributed by atoms with Gasteiger partial charge in [0, 0.05) is 18.4 Å². The van der Waals surface area contributed by atoms with Gasteiger partial charge in [-0.15, -0.1) is 0 Å². The standard InChI is InChI=1S/C12H20ClN3O/c1-5-17-7-10(8(2)3)15-11-9(4)6-14-12(13)16-11/h6,8,10H,5,7H2,1-4H3,(H,14,15,16). The molecule has 0 spiro atoms. The van der Waals surface area contributed by atoms with Crippen LogP contribution in [0.4, 0.5) is 5.82 Å². The number of halogens is 1. The smallest absolute Gasteiger partial charge is 0.224 e. The molecular weight excluding hydrogens is 238 g/mol. The van der Waals surface area contributed by atoms with Crippen LogP contribution in [0.3, 0.4) is 0 Å². The maximum absolute atomic E-state index is 5.79. The van der Waals surface area contributed by atoms with Gasteiger partial charge in [-0.25, -0.2) is 9.97 Å². The summed E-state index contributed by atoms with van der Waals surface area (Å²) >= 11 is 5.79. The predicted molar refractivity (Wildman–Crippen MR) is 70.5 cm³/mol. The molecule has 1 aromatic rings. The number of anilines is 1. The number of rotatable bonds is 6. The van der Waals surface area contributed by atoms with Crippen molar-refractivity contribution in [1.29, 1.82) is 0 Å². The van der Waals surface area contributed by atoms with Gasteiger partial charge >= 0.3 is 0 Å². The van der Waals surface area contributed by atoms with Crippen molar-refractivity contribution in [1.82, 2.24) is 9.97 Å².